The number of rotatable bonds is 6. The second-order valence-corrected chi connectivity index (χ2v) is 3.84. The number of hydrogen-bond acceptors (Lipinski definition) is 2. The summed E-state index contributed by atoms with van der Waals surface area (Å²) >= 11 is 0. The van der Waals surface area contributed by atoms with Gasteiger partial charge in [-0.05, 0) is 44.4 Å². The molecule has 15 heavy (non-hydrogen) atoms. The number of nitrogens with two attached hydrogens (primary N) is 1. The predicted molar refractivity (Wildman–Crippen MR) is 64.2 cm³/mol. The predicted octanol–water partition coefficient (Wildman–Crippen LogP) is 2.76. The molecule has 0 amide bonds. The van der Waals surface area contributed by atoms with Gasteiger partial charge < -0.3 is 10.5 Å². The fourth-order valence-electron chi connectivity index (χ4n) is 1.42. The summed E-state index contributed by atoms with van der Waals surface area (Å²) in [7, 11) is 0. The van der Waals surface area contributed by atoms with Crippen molar-refractivity contribution in [3.05, 3.63) is 29.8 Å². The van der Waals surface area contributed by atoms with Gasteiger partial charge in [-0.2, -0.15) is 0 Å². The third-order valence-electron chi connectivity index (χ3n) is 2.53. The molecule has 2 N–H and O–H groups in total. The first-order valence-corrected chi connectivity index (χ1v) is 5.72. The molecule has 0 heterocycles. The minimum Gasteiger partial charge on any atom is -0.490 e. The van der Waals surface area contributed by atoms with Crippen molar-refractivity contribution in [2.45, 2.75) is 39.2 Å². The summed E-state index contributed by atoms with van der Waals surface area (Å²) in [5.41, 5.74) is 6.78. The first-order chi connectivity index (χ1) is 7.27. The molecule has 2 nitrogen and oxygen atoms in total. The van der Waals surface area contributed by atoms with E-state index in [1.807, 2.05) is 12.1 Å². The molecule has 0 spiro atoms. The number of aryl methyl sites for hydroxylation is 1. The van der Waals surface area contributed by atoms with Crippen LogP contribution in [0.3, 0.4) is 0 Å². The van der Waals surface area contributed by atoms with Gasteiger partial charge in [-0.3, -0.25) is 0 Å². The lowest BCUT2D eigenvalue weighted by Gasteiger charge is -2.15. The van der Waals surface area contributed by atoms with Crippen LogP contribution in [0.25, 0.3) is 0 Å². The first-order valence-electron chi connectivity index (χ1n) is 5.72. The molecule has 84 valence electrons. The molecule has 0 aliphatic heterocycles. The third-order valence-corrected chi connectivity index (χ3v) is 2.53. The van der Waals surface area contributed by atoms with Crippen molar-refractivity contribution in [2.75, 3.05) is 6.54 Å². The van der Waals surface area contributed by atoms with Gasteiger partial charge in [-0.25, -0.2) is 0 Å². The van der Waals surface area contributed by atoms with Crippen LogP contribution in [0.5, 0.6) is 5.75 Å². The number of ether oxygens (including phenoxy) is 1. The van der Waals surface area contributed by atoms with Crippen LogP contribution >= 0.6 is 0 Å². The van der Waals surface area contributed by atoms with E-state index in [1.165, 1.54) is 5.56 Å². The van der Waals surface area contributed by atoms with E-state index in [9.17, 15) is 0 Å². The maximum atomic E-state index is 5.85. The fraction of sp³-hybridized carbons (Fsp3) is 0.538. The molecular weight excluding hydrogens is 186 g/mol. The quantitative estimate of drug-likeness (QED) is 0.778. The van der Waals surface area contributed by atoms with Crippen LogP contribution in [0, 0.1) is 0 Å². The molecule has 1 aromatic rings. The Morgan fingerprint density at radius 3 is 2.73 bits per heavy atom. The van der Waals surface area contributed by atoms with E-state index in [1.54, 1.807) is 0 Å². The minimum absolute atomic E-state index is 0.282. The molecule has 0 radical (unpaired) electrons. The average molecular weight is 207 g/mol. The molecule has 2 heteroatoms. The third kappa shape index (κ3) is 3.92. The number of para-hydroxylation sites is 1. The summed E-state index contributed by atoms with van der Waals surface area (Å²) in [5.74, 6) is 1.01. The van der Waals surface area contributed by atoms with Crippen molar-refractivity contribution in [1.29, 1.82) is 0 Å². The molecule has 0 saturated heterocycles. The van der Waals surface area contributed by atoms with Crippen molar-refractivity contribution in [1.82, 2.24) is 0 Å². The second kappa shape index (κ2) is 6.46. The minimum atomic E-state index is 0.282. The SMILES string of the molecule is CC[C@H](C)Oc1ccccc1CCCN. The molecule has 0 bridgehead atoms. The van der Waals surface area contributed by atoms with Gasteiger partial charge in [0.25, 0.3) is 0 Å². The van der Waals surface area contributed by atoms with Gasteiger partial charge in [-0.1, -0.05) is 25.1 Å². The van der Waals surface area contributed by atoms with Crippen LogP contribution in [-0.2, 0) is 6.42 Å². The molecule has 1 aromatic carbocycles. The summed E-state index contributed by atoms with van der Waals surface area (Å²) in [6.07, 6.45) is 3.33. The van der Waals surface area contributed by atoms with Crippen LogP contribution in [0.4, 0.5) is 0 Å². The van der Waals surface area contributed by atoms with E-state index in [4.69, 9.17) is 10.5 Å². The number of benzene rings is 1. The molecule has 0 aliphatic rings. The Morgan fingerprint density at radius 2 is 2.07 bits per heavy atom. The number of hydrogen-bond donors (Lipinski definition) is 1. The first kappa shape index (κ1) is 12.1. The van der Waals surface area contributed by atoms with Crippen molar-refractivity contribution >= 4 is 0 Å². The van der Waals surface area contributed by atoms with E-state index >= 15 is 0 Å². The largest absolute Gasteiger partial charge is 0.490 e. The molecule has 0 fully saturated rings. The van der Waals surface area contributed by atoms with Gasteiger partial charge in [-0.15, -0.1) is 0 Å². The Labute approximate surface area is 92.4 Å². The van der Waals surface area contributed by atoms with Crippen LogP contribution in [0.1, 0.15) is 32.3 Å². The van der Waals surface area contributed by atoms with Gasteiger partial charge in [0, 0.05) is 0 Å². The molecule has 1 rings (SSSR count). The zero-order valence-electron chi connectivity index (χ0n) is 9.70. The zero-order chi connectivity index (χ0) is 11.1. The zero-order valence-corrected chi connectivity index (χ0v) is 9.70. The maximum Gasteiger partial charge on any atom is 0.122 e. The van der Waals surface area contributed by atoms with Crippen molar-refractivity contribution in [3.63, 3.8) is 0 Å². The van der Waals surface area contributed by atoms with Gasteiger partial charge in [0.05, 0.1) is 6.10 Å². The maximum absolute atomic E-state index is 5.85. The van der Waals surface area contributed by atoms with E-state index in [0.29, 0.717) is 0 Å². The van der Waals surface area contributed by atoms with Crippen LogP contribution in [0.2, 0.25) is 0 Å². The smallest absolute Gasteiger partial charge is 0.122 e. The highest BCUT2D eigenvalue weighted by Crippen LogP contribution is 2.21. The molecule has 0 saturated carbocycles. The summed E-state index contributed by atoms with van der Waals surface area (Å²) in [6, 6.07) is 8.23. The molecule has 0 unspecified atom stereocenters. The Bertz CT molecular complexity index is 286. The van der Waals surface area contributed by atoms with Crippen molar-refractivity contribution in [2.24, 2.45) is 5.73 Å². The van der Waals surface area contributed by atoms with E-state index in [2.05, 4.69) is 26.0 Å². The van der Waals surface area contributed by atoms with Gasteiger partial charge >= 0.3 is 0 Å². The Morgan fingerprint density at radius 1 is 1.33 bits per heavy atom. The van der Waals surface area contributed by atoms with Crippen LogP contribution in [-0.4, -0.2) is 12.6 Å². The van der Waals surface area contributed by atoms with Gasteiger partial charge in [0.1, 0.15) is 5.75 Å². The lowest BCUT2D eigenvalue weighted by molar-refractivity contribution is 0.215. The molecular formula is C13H21NO. The standard InChI is InChI=1S/C13H21NO/c1-3-11(2)15-13-9-5-4-7-12(13)8-6-10-14/h4-5,7,9,11H,3,6,8,10,14H2,1-2H3/t11-/m0/s1. The van der Waals surface area contributed by atoms with E-state index < -0.39 is 0 Å². The van der Waals surface area contributed by atoms with E-state index in [-0.39, 0.29) is 6.10 Å². The summed E-state index contributed by atoms with van der Waals surface area (Å²) in [5, 5.41) is 0. The highest BCUT2D eigenvalue weighted by atomic mass is 16.5. The summed E-state index contributed by atoms with van der Waals surface area (Å²) in [6.45, 7) is 4.96. The van der Waals surface area contributed by atoms with Crippen LogP contribution in [0.15, 0.2) is 24.3 Å². The highest BCUT2D eigenvalue weighted by Gasteiger charge is 2.05. The lowest BCUT2D eigenvalue weighted by atomic mass is 10.1. The summed E-state index contributed by atoms with van der Waals surface area (Å²) in [4.78, 5) is 0. The molecule has 0 aromatic heterocycles. The Balaban J connectivity index is 2.67. The van der Waals surface area contributed by atoms with Gasteiger partial charge in [0.2, 0.25) is 0 Å². The monoisotopic (exact) mass is 207 g/mol. The Hall–Kier alpha value is -1.02. The molecule has 0 aliphatic carbocycles. The fourth-order valence-corrected chi connectivity index (χ4v) is 1.42. The lowest BCUT2D eigenvalue weighted by Crippen LogP contribution is -2.11. The normalized spacial score (nSPS) is 12.5. The molecule has 1 atom stereocenters. The van der Waals surface area contributed by atoms with Crippen LogP contribution < -0.4 is 10.5 Å². The van der Waals surface area contributed by atoms with Gasteiger partial charge in [0.15, 0.2) is 0 Å². The highest BCUT2D eigenvalue weighted by molar-refractivity contribution is 5.33. The topological polar surface area (TPSA) is 35.2 Å². The van der Waals surface area contributed by atoms with E-state index in [0.717, 1.165) is 31.6 Å². The van der Waals surface area contributed by atoms with Crippen molar-refractivity contribution in [3.8, 4) is 5.75 Å². The Kier molecular flexibility index (Phi) is 5.19. The van der Waals surface area contributed by atoms with Crippen molar-refractivity contribution < 1.29 is 4.74 Å². The average Bonchev–Trinajstić information content (AvgIpc) is 2.28. The summed E-state index contributed by atoms with van der Waals surface area (Å²) < 4.78 is 5.85. The second-order valence-electron chi connectivity index (χ2n) is 3.84.